The minimum Gasteiger partial charge on any atom is -0.490 e. The fourth-order valence-electron chi connectivity index (χ4n) is 2.34. The van der Waals surface area contributed by atoms with Crippen LogP contribution in [0.2, 0.25) is 0 Å². The van der Waals surface area contributed by atoms with Gasteiger partial charge in [0.2, 0.25) is 0 Å². The molecule has 1 atom stereocenters. The normalized spacial score (nSPS) is 16.5. The molecule has 1 aliphatic heterocycles. The smallest absolute Gasteiger partial charge is 0.165 e. The predicted molar refractivity (Wildman–Crippen MR) is 82.8 cm³/mol. The van der Waals surface area contributed by atoms with E-state index in [9.17, 15) is 4.39 Å². The molecule has 21 heavy (non-hydrogen) atoms. The summed E-state index contributed by atoms with van der Waals surface area (Å²) in [6.45, 7) is 0.445. The summed E-state index contributed by atoms with van der Waals surface area (Å²) in [6.07, 6.45) is 0. The van der Waals surface area contributed by atoms with Crippen LogP contribution in [0.25, 0.3) is 0 Å². The molecular formula is C16H15FN2OS. The number of benzene rings is 2. The van der Waals surface area contributed by atoms with Crippen molar-refractivity contribution < 1.29 is 9.13 Å². The molecule has 0 amide bonds. The van der Waals surface area contributed by atoms with E-state index in [0.29, 0.717) is 12.2 Å². The molecule has 1 heterocycles. The number of nitrogens with two attached hydrogens (primary N) is 1. The van der Waals surface area contributed by atoms with Gasteiger partial charge in [-0.3, -0.25) is 5.41 Å². The molecule has 0 radical (unpaired) electrons. The lowest BCUT2D eigenvalue weighted by molar-refractivity contribution is 0.284. The van der Waals surface area contributed by atoms with Crippen LogP contribution in [-0.2, 0) is 0 Å². The number of rotatable bonds is 4. The van der Waals surface area contributed by atoms with Gasteiger partial charge in [0.15, 0.2) is 11.6 Å². The first kappa shape index (κ1) is 13.9. The maximum atomic E-state index is 13.9. The number of nitrogens with one attached hydrogen (secondary N) is 1. The summed E-state index contributed by atoms with van der Waals surface area (Å²) in [6, 6.07) is 12.6. The van der Waals surface area contributed by atoms with Crippen molar-refractivity contribution in [2.24, 2.45) is 5.73 Å². The van der Waals surface area contributed by atoms with Gasteiger partial charge in [0, 0.05) is 22.1 Å². The molecule has 0 aliphatic carbocycles. The quantitative estimate of drug-likeness (QED) is 0.672. The molecule has 5 heteroatoms. The van der Waals surface area contributed by atoms with Crippen molar-refractivity contribution in [3.8, 4) is 5.75 Å². The van der Waals surface area contributed by atoms with Crippen LogP contribution in [0.5, 0.6) is 5.75 Å². The Hall–Kier alpha value is -2.01. The van der Waals surface area contributed by atoms with E-state index in [1.165, 1.54) is 22.6 Å². The second-order valence-electron chi connectivity index (χ2n) is 4.92. The number of amidine groups is 1. The summed E-state index contributed by atoms with van der Waals surface area (Å²) in [7, 11) is 0. The van der Waals surface area contributed by atoms with Crippen molar-refractivity contribution in [2.45, 2.75) is 10.8 Å². The lowest BCUT2D eigenvalue weighted by Crippen LogP contribution is -2.13. The summed E-state index contributed by atoms with van der Waals surface area (Å²) in [5, 5.41) is 7.29. The Bertz CT molecular complexity index is 690. The lowest BCUT2D eigenvalue weighted by Gasteiger charge is -2.13. The molecule has 0 saturated heterocycles. The van der Waals surface area contributed by atoms with Crippen LogP contribution in [0.15, 0.2) is 47.4 Å². The van der Waals surface area contributed by atoms with Gasteiger partial charge in [0.05, 0.1) is 6.61 Å². The molecule has 2 aromatic rings. The highest BCUT2D eigenvalue weighted by atomic mass is 32.2. The van der Waals surface area contributed by atoms with Gasteiger partial charge in [0.1, 0.15) is 5.84 Å². The third-order valence-electron chi connectivity index (χ3n) is 3.48. The fraction of sp³-hybridized carbons (Fsp3) is 0.188. The van der Waals surface area contributed by atoms with E-state index in [0.717, 1.165) is 5.75 Å². The molecule has 1 unspecified atom stereocenters. The summed E-state index contributed by atoms with van der Waals surface area (Å²) >= 11 is 1.80. The van der Waals surface area contributed by atoms with Gasteiger partial charge < -0.3 is 10.5 Å². The average Bonchev–Trinajstić information content (AvgIpc) is 2.89. The van der Waals surface area contributed by atoms with E-state index < -0.39 is 5.82 Å². The molecule has 3 nitrogen and oxygen atoms in total. The van der Waals surface area contributed by atoms with Crippen molar-refractivity contribution in [3.63, 3.8) is 0 Å². The maximum absolute atomic E-state index is 13.9. The topological polar surface area (TPSA) is 59.1 Å². The van der Waals surface area contributed by atoms with Crippen molar-refractivity contribution >= 4 is 17.6 Å². The number of fused-ring (bicyclic) bond motifs is 1. The minimum atomic E-state index is -0.485. The Morgan fingerprint density at radius 3 is 2.90 bits per heavy atom. The van der Waals surface area contributed by atoms with Crippen LogP contribution >= 0.6 is 11.8 Å². The third-order valence-corrected chi connectivity index (χ3v) is 4.73. The van der Waals surface area contributed by atoms with E-state index in [1.807, 2.05) is 12.1 Å². The highest BCUT2D eigenvalue weighted by Gasteiger charge is 2.23. The van der Waals surface area contributed by atoms with Gasteiger partial charge in [-0.1, -0.05) is 18.2 Å². The molecule has 0 bridgehead atoms. The third kappa shape index (κ3) is 2.88. The van der Waals surface area contributed by atoms with Gasteiger partial charge in [0.25, 0.3) is 0 Å². The molecule has 0 aromatic heterocycles. The van der Waals surface area contributed by atoms with Crippen molar-refractivity contribution in [2.75, 3.05) is 12.4 Å². The Kier molecular flexibility index (Phi) is 3.84. The molecule has 108 valence electrons. The van der Waals surface area contributed by atoms with Crippen LogP contribution < -0.4 is 10.5 Å². The second-order valence-corrected chi connectivity index (χ2v) is 5.98. The number of ether oxygens (including phenoxy) is 1. The zero-order valence-electron chi connectivity index (χ0n) is 11.3. The Morgan fingerprint density at radius 1 is 1.33 bits per heavy atom. The summed E-state index contributed by atoms with van der Waals surface area (Å²) in [4.78, 5) is 1.28. The minimum absolute atomic E-state index is 0.151. The monoisotopic (exact) mass is 302 g/mol. The van der Waals surface area contributed by atoms with Crippen LogP contribution in [0, 0.1) is 11.2 Å². The first-order chi connectivity index (χ1) is 10.1. The molecule has 3 rings (SSSR count). The summed E-state index contributed by atoms with van der Waals surface area (Å²) in [5.41, 5.74) is 6.96. The molecule has 2 aromatic carbocycles. The lowest BCUT2D eigenvalue weighted by atomic mass is 10.0. The average molecular weight is 302 g/mol. The SMILES string of the molecule is N=C(N)c1ccc(OCC2CSc3ccccc32)c(F)c1. The van der Waals surface area contributed by atoms with Gasteiger partial charge in [-0.05, 0) is 29.8 Å². The standard InChI is InChI=1S/C16H15FN2OS/c17-13-7-10(16(18)19)5-6-14(13)20-8-11-9-21-15-4-2-1-3-12(11)15/h1-7,11H,8-9H2,(H3,18,19). The zero-order chi connectivity index (χ0) is 14.8. The van der Waals surface area contributed by atoms with Crippen molar-refractivity contribution in [1.29, 1.82) is 5.41 Å². The number of hydrogen-bond donors (Lipinski definition) is 2. The van der Waals surface area contributed by atoms with Crippen LogP contribution in [0.1, 0.15) is 17.0 Å². The van der Waals surface area contributed by atoms with Gasteiger partial charge in [-0.2, -0.15) is 0 Å². The van der Waals surface area contributed by atoms with Gasteiger partial charge >= 0.3 is 0 Å². The first-order valence-corrected chi connectivity index (χ1v) is 7.62. The van der Waals surface area contributed by atoms with E-state index in [4.69, 9.17) is 15.9 Å². The van der Waals surface area contributed by atoms with Crippen LogP contribution in [-0.4, -0.2) is 18.2 Å². The Balaban J connectivity index is 1.70. The van der Waals surface area contributed by atoms with E-state index in [1.54, 1.807) is 17.8 Å². The van der Waals surface area contributed by atoms with Crippen molar-refractivity contribution in [1.82, 2.24) is 0 Å². The van der Waals surface area contributed by atoms with Gasteiger partial charge in [-0.25, -0.2) is 4.39 Å². The molecule has 3 N–H and O–H groups in total. The van der Waals surface area contributed by atoms with E-state index >= 15 is 0 Å². The molecule has 0 saturated carbocycles. The van der Waals surface area contributed by atoms with Crippen LogP contribution in [0.4, 0.5) is 4.39 Å². The van der Waals surface area contributed by atoms with Gasteiger partial charge in [-0.15, -0.1) is 11.8 Å². The molecule has 0 fully saturated rings. The molecular weight excluding hydrogens is 287 g/mol. The van der Waals surface area contributed by atoms with E-state index in [2.05, 4.69) is 12.1 Å². The zero-order valence-corrected chi connectivity index (χ0v) is 12.1. The van der Waals surface area contributed by atoms with Crippen LogP contribution in [0.3, 0.4) is 0 Å². The van der Waals surface area contributed by atoms with Crippen molar-refractivity contribution in [3.05, 3.63) is 59.4 Å². The maximum Gasteiger partial charge on any atom is 0.165 e. The molecule has 1 aliphatic rings. The highest BCUT2D eigenvalue weighted by molar-refractivity contribution is 7.99. The number of thioether (sulfide) groups is 1. The number of nitrogen functional groups attached to an aromatic ring is 1. The largest absolute Gasteiger partial charge is 0.490 e. The molecule has 0 spiro atoms. The predicted octanol–water partition coefficient (Wildman–Crippen LogP) is 3.38. The second kappa shape index (κ2) is 5.77. The Morgan fingerprint density at radius 2 is 2.14 bits per heavy atom. The number of halogens is 1. The fourth-order valence-corrected chi connectivity index (χ4v) is 3.58. The number of hydrogen-bond acceptors (Lipinski definition) is 3. The first-order valence-electron chi connectivity index (χ1n) is 6.63. The summed E-state index contributed by atoms with van der Waals surface area (Å²) < 4.78 is 19.5. The Labute approximate surface area is 126 Å². The summed E-state index contributed by atoms with van der Waals surface area (Å²) in [5.74, 6) is 0.794. The van der Waals surface area contributed by atoms with E-state index in [-0.39, 0.29) is 17.5 Å². The highest BCUT2D eigenvalue weighted by Crippen LogP contribution is 2.39.